The molecule has 0 aliphatic carbocycles. The lowest BCUT2D eigenvalue weighted by molar-refractivity contribution is -0.123. The quantitative estimate of drug-likeness (QED) is 0.158. The SMILES string of the molecule is COc1cc(C=NNC(=O)C(NC(=O)c2ccc(Cl)c(Cl)c2)C(C)C)cc(I)c1OCc1ccccc1. The minimum Gasteiger partial charge on any atom is -0.493 e. The highest BCUT2D eigenvalue weighted by Gasteiger charge is 2.25. The highest BCUT2D eigenvalue weighted by molar-refractivity contribution is 14.1. The van der Waals surface area contributed by atoms with Gasteiger partial charge in [-0.2, -0.15) is 5.10 Å². The molecule has 0 bridgehead atoms. The molecular formula is C27H26Cl2IN3O4. The first-order valence-electron chi connectivity index (χ1n) is 11.3. The van der Waals surface area contributed by atoms with Gasteiger partial charge in [0.2, 0.25) is 0 Å². The molecule has 2 amide bonds. The number of nitrogens with one attached hydrogen (secondary N) is 2. The van der Waals surface area contributed by atoms with Crippen molar-refractivity contribution in [3.05, 3.63) is 91.0 Å². The van der Waals surface area contributed by atoms with Crippen molar-refractivity contribution in [3.8, 4) is 11.5 Å². The Labute approximate surface area is 239 Å². The number of ether oxygens (including phenoxy) is 2. The summed E-state index contributed by atoms with van der Waals surface area (Å²) in [5, 5.41) is 7.40. The highest BCUT2D eigenvalue weighted by Crippen LogP contribution is 2.34. The monoisotopic (exact) mass is 653 g/mol. The standard InChI is InChI=1S/C27H26Cl2IN3O4/c1-16(2)24(32-26(34)19-9-10-20(28)21(29)13-19)27(35)33-31-14-18-11-22(30)25(23(12-18)36-3)37-15-17-7-5-4-6-8-17/h4-14,16,24H,15H2,1-3H3,(H,32,34)(H,33,35). The Morgan fingerprint density at radius 2 is 1.78 bits per heavy atom. The number of carbonyl (C=O) groups is 2. The van der Waals surface area contributed by atoms with Gasteiger partial charge in [0.1, 0.15) is 12.6 Å². The first-order chi connectivity index (χ1) is 17.7. The van der Waals surface area contributed by atoms with Crippen molar-refractivity contribution in [2.24, 2.45) is 11.0 Å². The summed E-state index contributed by atoms with van der Waals surface area (Å²) >= 11 is 14.1. The van der Waals surface area contributed by atoms with E-state index in [2.05, 4.69) is 38.4 Å². The predicted molar refractivity (Wildman–Crippen MR) is 155 cm³/mol. The minimum atomic E-state index is -0.817. The van der Waals surface area contributed by atoms with Crippen LogP contribution in [0.5, 0.6) is 11.5 Å². The molecule has 0 spiro atoms. The number of halogens is 3. The van der Waals surface area contributed by atoms with Gasteiger partial charge in [0.05, 0.1) is 26.9 Å². The van der Waals surface area contributed by atoms with E-state index in [1.165, 1.54) is 18.3 Å². The Balaban J connectivity index is 1.66. The topological polar surface area (TPSA) is 89.0 Å². The number of rotatable bonds is 10. The summed E-state index contributed by atoms with van der Waals surface area (Å²) in [7, 11) is 1.56. The third-order valence-electron chi connectivity index (χ3n) is 5.28. The van der Waals surface area contributed by atoms with Crippen LogP contribution in [0.4, 0.5) is 0 Å². The van der Waals surface area contributed by atoms with Gasteiger partial charge in [0.15, 0.2) is 11.5 Å². The van der Waals surface area contributed by atoms with E-state index < -0.39 is 17.9 Å². The summed E-state index contributed by atoms with van der Waals surface area (Å²) in [5.74, 6) is 0.0810. The van der Waals surface area contributed by atoms with E-state index in [-0.39, 0.29) is 10.9 Å². The van der Waals surface area contributed by atoms with Crippen LogP contribution in [0.25, 0.3) is 0 Å². The number of carbonyl (C=O) groups excluding carboxylic acids is 2. The van der Waals surface area contributed by atoms with Crippen LogP contribution in [0.3, 0.4) is 0 Å². The van der Waals surface area contributed by atoms with Gasteiger partial charge in [0, 0.05) is 5.56 Å². The van der Waals surface area contributed by atoms with E-state index >= 15 is 0 Å². The fourth-order valence-corrected chi connectivity index (χ4v) is 4.40. The molecule has 0 aromatic heterocycles. The lowest BCUT2D eigenvalue weighted by Crippen LogP contribution is -2.48. The summed E-state index contributed by atoms with van der Waals surface area (Å²) < 4.78 is 12.3. The zero-order valence-corrected chi connectivity index (χ0v) is 24.1. The van der Waals surface area contributed by atoms with Crippen molar-refractivity contribution in [1.82, 2.24) is 10.7 Å². The summed E-state index contributed by atoms with van der Waals surface area (Å²) in [6.45, 7) is 4.05. The maximum atomic E-state index is 12.8. The van der Waals surface area contributed by atoms with Gasteiger partial charge in [-0.25, -0.2) is 5.43 Å². The van der Waals surface area contributed by atoms with Crippen molar-refractivity contribution >= 4 is 63.8 Å². The molecule has 0 saturated heterocycles. The Morgan fingerprint density at radius 1 is 1.05 bits per heavy atom. The van der Waals surface area contributed by atoms with Gasteiger partial charge in [0.25, 0.3) is 11.8 Å². The highest BCUT2D eigenvalue weighted by atomic mass is 127. The zero-order valence-electron chi connectivity index (χ0n) is 20.4. The predicted octanol–water partition coefficient (Wildman–Crippen LogP) is 6.09. The first kappa shape index (κ1) is 28.7. The Kier molecular flexibility index (Phi) is 10.6. The molecule has 1 atom stereocenters. The number of hydrogen-bond acceptors (Lipinski definition) is 5. The summed E-state index contributed by atoms with van der Waals surface area (Å²) in [5.41, 5.74) is 4.55. The average molecular weight is 654 g/mol. The van der Waals surface area contributed by atoms with E-state index in [1.807, 2.05) is 50.2 Å². The number of hydrogen-bond donors (Lipinski definition) is 2. The van der Waals surface area contributed by atoms with E-state index in [9.17, 15) is 9.59 Å². The summed E-state index contributed by atoms with van der Waals surface area (Å²) in [4.78, 5) is 25.4. The Hall–Kier alpha value is -2.82. The maximum Gasteiger partial charge on any atom is 0.262 e. The van der Waals surface area contributed by atoms with Gasteiger partial charge >= 0.3 is 0 Å². The van der Waals surface area contributed by atoms with Crippen molar-refractivity contribution in [2.45, 2.75) is 26.5 Å². The Morgan fingerprint density at radius 3 is 2.43 bits per heavy atom. The molecule has 0 heterocycles. The van der Waals surface area contributed by atoms with Crippen LogP contribution in [0, 0.1) is 9.49 Å². The molecule has 0 aliphatic heterocycles. The van der Waals surface area contributed by atoms with Crippen LogP contribution < -0.4 is 20.2 Å². The van der Waals surface area contributed by atoms with Crippen LogP contribution >= 0.6 is 45.8 Å². The van der Waals surface area contributed by atoms with Crippen molar-refractivity contribution in [1.29, 1.82) is 0 Å². The molecule has 0 radical (unpaired) electrons. The maximum absolute atomic E-state index is 12.8. The minimum absolute atomic E-state index is 0.191. The molecular weight excluding hydrogens is 628 g/mol. The third-order valence-corrected chi connectivity index (χ3v) is 6.82. The fourth-order valence-electron chi connectivity index (χ4n) is 3.32. The summed E-state index contributed by atoms with van der Waals surface area (Å²) in [6.07, 6.45) is 1.50. The molecule has 0 fully saturated rings. The molecule has 3 rings (SSSR count). The second-order valence-electron chi connectivity index (χ2n) is 8.37. The van der Waals surface area contributed by atoms with Gasteiger partial charge in [-0.1, -0.05) is 67.4 Å². The van der Waals surface area contributed by atoms with Crippen molar-refractivity contribution in [2.75, 3.05) is 7.11 Å². The van der Waals surface area contributed by atoms with Gasteiger partial charge in [-0.15, -0.1) is 0 Å². The zero-order chi connectivity index (χ0) is 26.9. The Bertz CT molecular complexity index is 1290. The smallest absolute Gasteiger partial charge is 0.262 e. The molecule has 3 aromatic rings. The molecule has 0 saturated carbocycles. The third kappa shape index (κ3) is 8.08. The van der Waals surface area contributed by atoms with Crippen LogP contribution in [0.2, 0.25) is 10.0 Å². The number of hydrazone groups is 1. The van der Waals surface area contributed by atoms with Gasteiger partial charge in [-0.3, -0.25) is 9.59 Å². The number of methoxy groups -OCH3 is 1. The van der Waals surface area contributed by atoms with E-state index in [0.717, 1.165) is 9.13 Å². The normalized spacial score (nSPS) is 11.9. The molecule has 10 heteroatoms. The van der Waals surface area contributed by atoms with Crippen LogP contribution in [-0.4, -0.2) is 31.2 Å². The molecule has 0 aliphatic rings. The fraction of sp³-hybridized carbons (Fsp3) is 0.222. The van der Waals surface area contributed by atoms with Gasteiger partial charge in [-0.05, 0) is 70.0 Å². The van der Waals surface area contributed by atoms with Gasteiger partial charge < -0.3 is 14.8 Å². The van der Waals surface area contributed by atoms with E-state index in [1.54, 1.807) is 19.2 Å². The van der Waals surface area contributed by atoms with E-state index in [4.69, 9.17) is 32.7 Å². The lowest BCUT2D eigenvalue weighted by atomic mass is 10.0. The number of nitrogens with zero attached hydrogens (tertiary/aromatic N) is 1. The number of amides is 2. The molecule has 2 N–H and O–H groups in total. The molecule has 3 aromatic carbocycles. The second-order valence-corrected chi connectivity index (χ2v) is 10.3. The molecule has 37 heavy (non-hydrogen) atoms. The molecule has 1 unspecified atom stereocenters. The lowest BCUT2D eigenvalue weighted by Gasteiger charge is -2.20. The van der Waals surface area contributed by atoms with E-state index in [0.29, 0.717) is 34.3 Å². The molecule has 7 nitrogen and oxygen atoms in total. The number of benzene rings is 3. The second kappa shape index (κ2) is 13.6. The largest absolute Gasteiger partial charge is 0.493 e. The van der Waals surface area contributed by atoms with Crippen LogP contribution in [-0.2, 0) is 11.4 Å². The molecule has 194 valence electrons. The van der Waals surface area contributed by atoms with Crippen LogP contribution in [0.1, 0.15) is 35.3 Å². The van der Waals surface area contributed by atoms with Crippen molar-refractivity contribution in [3.63, 3.8) is 0 Å². The van der Waals surface area contributed by atoms with Crippen LogP contribution in [0.15, 0.2) is 65.8 Å². The summed E-state index contributed by atoms with van der Waals surface area (Å²) in [6, 6.07) is 17.2. The average Bonchev–Trinajstić information content (AvgIpc) is 2.88. The first-order valence-corrected chi connectivity index (χ1v) is 13.2. The van der Waals surface area contributed by atoms with Crippen molar-refractivity contribution < 1.29 is 19.1 Å².